The lowest BCUT2D eigenvalue weighted by molar-refractivity contribution is 0.0520. The van der Waals surface area contributed by atoms with E-state index in [0.717, 1.165) is 21.5 Å². The number of fused-ring (bicyclic) bond motifs is 1. The fourth-order valence-electron chi connectivity index (χ4n) is 2.71. The lowest BCUT2D eigenvalue weighted by Gasteiger charge is -2.02. The van der Waals surface area contributed by atoms with Gasteiger partial charge in [0.15, 0.2) is 10.8 Å². The fourth-order valence-corrected chi connectivity index (χ4v) is 3.84. The molecule has 0 atom stereocenters. The summed E-state index contributed by atoms with van der Waals surface area (Å²) in [6, 6.07) is 6.28. The van der Waals surface area contributed by atoms with Crippen LogP contribution >= 0.6 is 27.3 Å². The third kappa shape index (κ3) is 3.39. The molecule has 0 aliphatic heterocycles. The van der Waals surface area contributed by atoms with Crippen molar-refractivity contribution >= 4 is 44.1 Å². The molecule has 4 nitrogen and oxygen atoms in total. The number of rotatable bonds is 5. The molecule has 0 saturated heterocycles. The first-order valence-corrected chi connectivity index (χ1v) is 9.59. The minimum absolute atomic E-state index is 0.351. The summed E-state index contributed by atoms with van der Waals surface area (Å²) >= 11 is 4.99. The number of esters is 1. The van der Waals surface area contributed by atoms with Crippen LogP contribution in [0.4, 0.5) is 0 Å². The van der Waals surface area contributed by atoms with Crippen LogP contribution in [0.25, 0.3) is 16.0 Å². The van der Waals surface area contributed by atoms with E-state index in [2.05, 4.69) is 63.7 Å². The monoisotopic (exact) mass is 406 g/mol. The first-order chi connectivity index (χ1) is 11.5. The van der Waals surface area contributed by atoms with Crippen molar-refractivity contribution in [2.75, 3.05) is 6.61 Å². The van der Waals surface area contributed by atoms with Crippen LogP contribution in [0, 0.1) is 5.92 Å². The van der Waals surface area contributed by atoms with E-state index in [9.17, 15) is 4.79 Å². The maximum Gasteiger partial charge on any atom is 0.357 e. The van der Waals surface area contributed by atoms with Gasteiger partial charge in [-0.25, -0.2) is 9.78 Å². The topological polar surface area (TPSA) is 44.1 Å². The summed E-state index contributed by atoms with van der Waals surface area (Å²) < 4.78 is 8.11. The second-order valence-corrected chi connectivity index (χ2v) is 7.77. The Hall–Kier alpha value is -1.66. The van der Waals surface area contributed by atoms with Gasteiger partial charge in [0.2, 0.25) is 0 Å². The van der Waals surface area contributed by atoms with Crippen molar-refractivity contribution in [3.05, 3.63) is 45.5 Å². The van der Waals surface area contributed by atoms with Crippen LogP contribution in [0.5, 0.6) is 0 Å². The largest absolute Gasteiger partial charge is 0.461 e. The smallest absolute Gasteiger partial charge is 0.357 e. The number of ether oxygens (including phenoxy) is 1. The van der Waals surface area contributed by atoms with Crippen molar-refractivity contribution in [2.24, 2.45) is 5.92 Å². The normalized spacial score (nSPS) is 11.4. The van der Waals surface area contributed by atoms with E-state index in [1.807, 2.05) is 0 Å². The summed E-state index contributed by atoms with van der Waals surface area (Å²) in [5.74, 6) is 0.194. The third-order valence-corrected chi connectivity index (χ3v) is 4.99. The maximum atomic E-state index is 11.9. The van der Waals surface area contributed by atoms with Crippen molar-refractivity contribution in [3.8, 4) is 5.13 Å². The molecule has 2 aromatic heterocycles. The number of benzene rings is 1. The Kier molecular flexibility index (Phi) is 5.06. The summed E-state index contributed by atoms with van der Waals surface area (Å²) in [7, 11) is 0. The van der Waals surface area contributed by atoms with Gasteiger partial charge in [-0.2, -0.15) is 0 Å². The Bertz CT molecular complexity index is 882. The maximum absolute atomic E-state index is 11.9. The highest BCUT2D eigenvalue weighted by Crippen LogP contribution is 2.30. The molecule has 3 rings (SSSR count). The Labute approximate surface area is 153 Å². The van der Waals surface area contributed by atoms with E-state index < -0.39 is 0 Å². The fraction of sp³-hybridized carbons (Fsp3) is 0.333. The van der Waals surface area contributed by atoms with Crippen molar-refractivity contribution in [1.82, 2.24) is 9.55 Å². The zero-order chi connectivity index (χ0) is 17.3. The van der Waals surface area contributed by atoms with Crippen molar-refractivity contribution < 1.29 is 9.53 Å². The zero-order valence-electron chi connectivity index (χ0n) is 13.9. The minimum atomic E-state index is -0.375. The van der Waals surface area contributed by atoms with Gasteiger partial charge >= 0.3 is 5.97 Å². The molecular weight excluding hydrogens is 388 g/mol. The molecule has 0 unspecified atom stereocenters. The number of carbonyl (C=O) groups excluding carboxylic acids is 1. The lowest BCUT2D eigenvalue weighted by atomic mass is 10.0. The van der Waals surface area contributed by atoms with Gasteiger partial charge in [-0.3, -0.25) is 4.57 Å². The van der Waals surface area contributed by atoms with Crippen molar-refractivity contribution in [3.63, 3.8) is 0 Å². The molecule has 0 aliphatic rings. The molecule has 0 spiro atoms. The number of carbonyl (C=O) groups is 1. The molecule has 0 amide bonds. The van der Waals surface area contributed by atoms with E-state index in [0.29, 0.717) is 18.2 Å². The van der Waals surface area contributed by atoms with Gasteiger partial charge < -0.3 is 4.74 Å². The molecule has 0 radical (unpaired) electrons. The van der Waals surface area contributed by atoms with Crippen LogP contribution in [0.1, 0.15) is 36.8 Å². The van der Waals surface area contributed by atoms with Gasteiger partial charge in [0, 0.05) is 21.4 Å². The van der Waals surface area contributed by atoms with Crippen LogP contribution in [0.2, 0.25) is 0 Å². The van der Waals surface area contributed by atoms with E-state index in [4.69, 9.17) is 4.74 Å². The van der Waals surface area contributed by atoms with Gasteiger partial charge in [-0.05, 0) is 37.0 Å². The van der Waals surface area contributed by atoms with Crippen LogP contribution in [0.3, 0.4) is 0 Å². The van der Waals surface area contributed by atoms with Crippen LogP contribution < -0.4 is 0 Å². The van der Waals surface area contributed by atoms with E-state index >= 15 is 0 Å². The van der Waals surface area contributed by atoms with Crippen molar-refractivity contribution in [2.45, 2.75) is 27.2 Å². The molecule has 0 N–H and O–H groups in total. The van der Waals surface area contributed by atoms with E-state index in [1.165, 1.54) is 22.3 Å². The minimum Gasteiger partial charge on any atom is -0.461 e. The van der Waals surface area contributed by atoms with Crippen molar-refractivity contribution in [1.29, 1.82) is 0 Å². The molecule has 0 fully saturated rings. The van der Waals surface area contributed by atoms with Crippen LogP contribution in [-0.2, 0) is 11.2 Å². The first-order valence-electron chi connectivity index (χ1n) is 7.92. The highest BCUT2D eigenvalue weighted by molar-refractivity contribution is 9.10. The quantitative estimate of drug-likeness (QED) is 0.545. The highest BCUT2D eigenvalue weighted by Gasteiger charge is 2.16. The summed E-state index contributed by atoms with van der Waals surface area (Å²) in [5.41, 5.74) is 2.74. The third-order valence-electron chi connectivity index (χ3n) is 3.66. The second kappa shape index (κ2) is 7.07. The zero-order valence-corrected chi connectivity index (χ0v) is 16.3. The predicted molar refractivity (Wildman–Crippen MR) is 101 cm³/mol. The summed E-state index contributed by atoms with van der Waals surface area (Å²) in [6.45, 7) is 6.57. The number of hydrogen-bond acceptors (Lipinski definition) is 4. The molecule has 0 saturated carbocycles. The van der Waals surface area contributed by atoms with Crippen LogP contribution in [-0.4, -0.2) is 22.1 Å². The van der Waals surface area contributed by atoms with E-state index in [1.54, 1.807) is 12.3 Å². The van der Waals surface area contributed by atoms with Gasteiger partial charge in [0.05, 0.1) is 12.1 Å². The summed E-state index contributed by atoms with van der Waals surface area (Å²) in [5, 5.41) is 3.75. The SMILES string of the molecule is CCOC(=O)c1csc(-n2cc(CC(C)C)c3ccc(Br)cc32)n1. The predicted octanol–water partition coefficient (Wildman–Crippen LogP) is 5.22. The standard InChI is InChI=1S/C18H19BrN2O2S/c1-4-23-17(22)15-10-24-18(20-15)21-9-12(7-11(2)3)14-6-5-13(19)8-16(14)21/h5-6,8-11H,4,7H2,1-3H3. The van der Waals surface area contributed by atoms with E-state index in [-0.39, 0.29) is 5.97 Å². The number of hydrogen-bond donors (Lipinski definition) is 0. The van der Waals surface area contributed by atoms with Gasteiger partial charge in [-0.15, -0.1) is 11.3 Å². The molecule has 3 aromatic rings. The molecule has 6 heteroatoms. The Morgan fingerprint density at radius 3 is 2.92 bits per heavy atom. The summed E-state index contributed by atoms with van der Waals surface area (Å²) in [6.07, 6.45) is 3.13. The second-order valence-electron chi connectivity index (χ2n) is 6.02. The Morgan fingerprint density at radius 2 is 2.21 bits per heavy atom. The van der Waals surface area contributed by atoms with Crippen LogP contribution in [0.15, 0.2) is 34.2 Å². The first kappa shape index (κ1) is 17.2. The molecule has 2 heterocycles. The number of aromatic nitrogens is 2. The molecule has 1 aromatic carbocycles. The Balaban J connectivity index is 2.08. The van der Waals surface area contributed by atoms with Gasteiger partial charge in [0.25, 0.3) is 0 Å². The lowest BCUT2D eigenvalue weighted by Crippen LogP contribution is -2.05. The van der Waals surface area contributed by atoms with Gasteiger partial charge in [0.1, 0.15) is 0 Å². The molecular formula is C18H19BrN2O2S. The molecule has 0 bridgehead atoms. The van der Waals surface area contributed by atoms with Gasteiger partial charge in [-0.1, -0.05) is 35.8 Å². The number of thiazole rings is 1. The average molecular weight is 407 g/mol. The number of nitrogens with zero attached hydrogens (tertiary/aromatic N) is 2. The Morgan fingerprint density at radius 1 is 1.42 bits per heavy atom. The highest BCUT2D eigenvalue weighted by atomic mass is 79.9. The molecule has 126 valence electrons. The molecule has 24 heavy (non-hydrogen) atoms. The summed E-state index contributed by atoms with van der Waals surface area (Å²) in [4.78, 5) is 16.3. The number of halogens is 1. The average Bonchev–Trinajstić information content (AvgIpc) is 3.12. The molecule has 0 aliphatic carbocycles.